The summed E-state index contributed by atoms with van der Waals surface area (Å²) in [5, 5.41) is 0.517. The molecule has 1 rings (SSSR count). The molecule has 0 fully saturated rings. The van der Waals surface area contributed by atoms with E-state index in [4.69, 9.17) is 23.1 Å². The summed E-state index contributed by atoms with van der Waals surface area (Å²) in [5.74, 6) is 0. The molecule has 4 N–H and O–H groups in total. The summed E-state index contributed by atoms with van der Waals surface area (Å²) in [6, 6.07) is 3.42. The normalized spacial score (nSPS) is 8.17. The fourth-order valence-electron chi connectivity index (χ4n) is 0.719. The van der Waals surface area contributed by atoms with E-state index in [1.807, 2.05) is 6.92 Å². The molecule has 0 atom stereocenters. The Morgan fingerprint density at radius 3 is 2.00 bits per heavy atom. The van der Waals surface area contributed by atoms with Crippen molar-refractivity contribution in [2.24, 2.45) is 0 Å². The highest BCUT2D eigenvalue weighted by Gasteiger charge is 1.98. The summed E-state index contributed by atoms with van der Waals surface area (Å²) in [7, 11) is 0. The van der Waals surface area contributed by atoms with Crippen molar-refractivity contribution in [1.82, 2.24) is 0 Å². The Bertz CT molecular complexity index is 213. The maximum absolute atomic E-state index is 5.68. The van der Waals surface area contributed by atoms with Crippen molar-refractivity contribution in [1.29, 1.82) is 0 Å². The first-order valence-corrected chi connectivity index (χ1v) is 3.30. The average molecular weight is 230 g/mol. The second-order valence-electron chi connectivity index (χ2n) is 2.23. The molecular formula is C7H11Cl3N2. The standard InChI is InChI=1S/C7H9ClN2.2ClH/c1-4-2-7(10)5(8)3-6(4)9;;/h2-3H,9-10H2,1H3;2*1H. The van der Waals surface area contributed by atoms with E-state index in [2.05, 4.69) is 0 Å². The van der Waals surface area contributed by atoms with E-state index in [1.54, 1.807) is 12.1 Å². The molecule has 0 aliphatic heterocycles. The molecule has 5 heteroatoms. The Morgan fingerprint density at radius 1 is 1.08 bits per heavy atom. The van der Waals surface area contributed by atoms with E-state index >= 15 is 0 Å². The number of nitrogens with two attached hydrogens (primary N) is 2. The van der Waals surface area contributed by atoms with Gasteiger partial charge in [-0.15, -0.1) is 24.8 Å². The van der Waals surface area contributed by atoms with Crippen molar-refractivity contribution in [3.63, 3.8) is 0 Å². The van der Waals surface area contributed by atoms with E-state index in [0.717, 1.165) is 5.56 Å². The first-order chi connectivity index (χ1) is 4.61. The summed E-state index contributed by atoms with van der Waals surface area (Å²) >= 11 is 5.68. The Balaban J connectivity index is 0. The Labute approximate surface area is 89.1 Å². The molecule has 0 aliphatic carbocycles. The van der Waals surface area contributed by atoms with Crippen LogP contribution in [0.25, 0.3) is 0 Å². The smallest absolute Gasteiger partial charge is 0.0656 e. The van der Waals surface area contributed by atoms with Gasteiger partial charge >= 0.3 is 0 Å². The quantitative estimate of drug-likeness (QED) is 0.672. The fourth-order valence-corrected chi connectivity index (χ4v) is 0.891. The number of nitrogen functional groups attached to an aromatic ring is 2. The van der Waals surface area contributed by atoms with Gasteiger partial charge in [0.2, 0.25) is 0 Å². The highest BCUT2D eigenvalue weighted by atomic mass is 35.5. The van der Waals surface area contributed by atoms with Crippen molar-refractivity contribution in [3.05, 3.63) is 22.7 Å². The molecule has 0 bridgehead atoms. The van der Waals surface area contributed by atoms with E-state index in [0.29, 0.717) is 16.4 Å². The predicted octanol–water partition coefficient (Wildman–Crippen LogP) is 2.66. The van der Waals surface area contributed by atoms with Gasteiger partial charge in [0.05, 0.1) is 10.7 Å². The molecule has 0 saturated carbocycles. The van der Waals surface area contributed by atoms with Gasteiger partial charge in [-0.2, -0.15) is 0 Å². The molecule has 1 aromatic rings. The van der Waals surface area contributed by atoms with Gasteiger partial charge in [-0.05, 0) is 24.6 Å². The van der Waals surface area contributed by atoms with Crippen molar-refractivity contribution >= 4 is 47.8 Å². The van der Waals surface area contributed by atoms with Crippen molar-refractivity contribution in [3.8, 4) is 0 Å². The average Bonchev–Trinajstić information content (AvgIpc) is 1.84. The summed E-state index contributed by atoms with van der Waals surface area (Å²) in [4.78, 5) is 0. The van der Waals surface area contributed by atoms with Crippen LogP contribution in [0.15, 0.2) is 12.1 Å². The Hall–Kier alpha value is -0.310. The van der Waals surface area contributed by atoms with Crippen LogP contribution in [0, 0.1) is 6.92 Å². The van der Waals surface area contributed by atoms with Gasteiger partial charge in [0, 0.05) is 5.69 Å². The maximum atomic E-state index is 5.68. The third-order valence-electron chi connectivity index (χ3n) is 1.39. The van der Waals surface area contributed by atoms with Gasteiger partial charge in [0.1, 0.15) is 0 Å². The molecule has 70 valence electrons. The minimum Gasteiger partial charge on any atom is -0.398 e. The monoisotopic (exact) mass is 228 g/mol. The van der Waals surface area contributed by atoms with Crippen LogP contribution in [0.2, 0.25) is 5.02 Å². The molecule has 2 nitrogen and oxygen atoms in total. The van der Waals surface area contributed by atoms with Crippen LogP contribution in [0.1, 0.15) is 5.56 Å². The van der Waals surface area contributed by atoms with Gasteiger partial charge in [-0.25, -0.2) is 0 Å². The molecule has 0 aromatic heterocycles. The van der Waals surface area contributed by atoms with Crippen molar-refractivity contribution in [2.45, 2.75) is 6.92 Å². The maximum Gasteiger partial charge on any atom is 0.0656 e. The van der Waals surface area contributed by atoms with E-state index in [1.165, 1.54) is 0 Å². The summed E-state index contributed by atoms with van der Waals surface area (Å²) in [5.41, 5.74) is 13.3. The number of anilines is 2. The molecule has 0 heterocycles. The zero-order valence-electron chi connectivity index (χ0n) is 6.50. The lowest BCUT2D eigenvalue weighted by Gasteiger charge is -2.02. The lowest BCUT2D eigenvalue weighted by atomic mass is 10.2. The third kappa shape index (κ3) is 2.97. The van der Waals surface area contributed by atoms with Gasteiger partial charge < -0.3 is 11.5 Å². The summed E-state index contributed by atoms with van der Waals surface area (Å²) in [6.07, 6.45) is 0. The minimum absolute atomic E-state index is 0. The molecule has 0 spiro atoms. The Kier molecular flexibility index (Phi) is 6.35. The fraction of sp³-hybridized carbons (Fsp3) is 0.143. The summed E-state index contributed by atoms with van der Waals surface area (Å²) < 4.78 is 0. The van der Waals surface area contributed by atoms with Gasteiger partial charge in [0.15, 0.2) is 0 Å². The van der Waals surface area contributed by atoms with Crippen LogP contribution in [-0.4, -0.2) is 0 Å². The number of benzene rings is 1. The number of aryl methyl sites for hydroxylation is 1. The third-order valence-corrected chi connectivity index (χ3v) is 1.71. The van der Waals surface area contributed by atoms with Crippen LogP contribution < -0.4 is 11.5 Å². The highest BCUT2D eigenvalue weighted by Crippen LogP contribution is 2.24. The first-order valence-electron chi connectivity index (χ1n) is 2.92. The van der Waals surface area contributed by atoms with Crippen LogP contribution in [0.4, 0.5) is 11.4 Å². The van der Waals surface area contributed by atoms with Crippen LogP contribution in [0.5, 0.6) is 0 Å². The second-order valence-corrected chi connectivity index (χ2v) is 2.64. The number of halogens is 3. The van der Waals surface area contributed by atoms with E-state index < -0.39 is 0 Å². The van der Waals surface area contributed by atoms with E-state index in [-0.39, 0.29) is 24.8 Å². The molecule has 12 heavy (non-hydrogen) atoms. The molecular weight excluding hydrogens is 218 g/mol. The lowest BCUT2D eigenvalue weighted by molar-refractivity contribution is 1.47. The zero-order valence-corrected chi connectivity index (χ0v) is 8.89. The Morgan fingerprint density at radius 2 is 1.58 bits per heavy atom. The van der Waals surface area contributed by atoms with Gasteiger partial charge in [-0.3, -0.25) is 0 Å². The highest BCUT2D eigenvalue weighted by molar-refractivity contribution is 6.33. The van der Waals surface area contributed by atoms with Crippen molar-refractivity contribution in [2.75, 3.05) is 11.5 Å². The van der Waals surface area contributed by atoms with Crippen LogP contribution in [-0.2, 0) is 0 Å². The molecule has 0 amide bonds. The molecule has 0 saturated heterocycles. The summed E-state index contributed by atoms with van der Waals surface area (Å²) in [6.45, 7) is 1.89. The minimum atomic E-state index is 0. The van der Waals surface area contributed by atoms with Crippen LogP contribution in [0.3, 0.4) is 0 Å². The van der Waals surface area contributed by atoms with E-state index in [9.17, 15) is 0 Å². The first kappa shape index (κ1) is 14.2. The lowest BCUT2D eigenvalue weighted by Crippen LogP contribution is -1.93. The topological polar surface area (TPSA) is 52.0 Å². The zero-order chi connectivity index (χ0) is 7.72. The number of hydrogen-bond acceptors (Lipinski definition) is 2. The molecule has 0 unspecified atom stereocenters. The predicted molar refractivity (Wildman–Crippen MR) is 59.5 cm³/mol. The molecule has 1 aromatic carbocycles. The second kappa shape index (κ2) is 5.36. The molecule has 0 aliphatic rings. The van der Waals surface area contributed by atoms with Gasteiger partial charge in [0.25, 0.3) is 0 Å². The number of rotatable bonds is 0. The van der Waals surface area contributed by atoms with Crippen LogP contribution >= 0.6 is 36.4 Å². The largest absolute Gasteiger partial charge is 0.398 e. The van der Waals surface area contributed by atoms with Gasteiger partial charge in [-0.1, -0.05) is 11.6 Å². The SMILES string of the molecule is Cc1cc(N)c(Cl)cc1N.Cl.Cl. The van der Waals surface area contributed by atoms with Crippen molar-refractivity contribution < 1.29 is 0 Å². The number of hydrogen-bond donors (Lipinski definition) is 2. The molecule has 0 radical (unpaired) electrons.